The summed E-state index contributed by atoms with van der Waals surface area (Å²) in [5.41, 5.74) is 5.84. The van der Waals surface area contributed by atoms with Crippen LogP contribution in [0.2, 0.25) is 5.02 Å². The Labute approximate surface area is 200 Å². The van der Waals surface area contributed by atoms with Crippen LogP contribution in [0.5, 0.6) is 0 Å². The summed E-state index contributed by atoms with van der Waals surface area (Å²) in [6.45, 7) is 7.78. The van der Waals surface area contributed by atoms with Gasteiger partial charge < -0.3 is 5.32 Å². The van der Waals surface area contributed by atoms with Crippen LogP contribution in [-0.4, -0.2) is 31.2 Å². The van der Waals surface area contributed by atoms with Gasteiger partial charge in [-0.15, -0.1) is 5.10 Å². The van der Waals surface area contributed by atoms with Crippen molar-refractivity contribution in [2.75, 3.05) is 11.1 Å². The molecule has 0 fully saturated rings. The summed E-state index contributed by atoms with van der Waals surface area (Å²) in [6, 6.07) is 10.5. The Hall–Kier alpha value is -2.97. The molecule has 4 aromatic rings. The fraction of sp³-hybridized carbons (Fsp3) is 0.250. The smallest absolute Gasteiger partial charge is 0.253 e. The summed E-state index contributed by atoms with van der Waals surface area (Å²) in [6.07, 6.45) is 0.298. The molecule has 0 aliphatic carbocycles. The summed E-state index contributed by atoms with van der Waals surface area (Å²) < 4.78 is 15.9. The van der Waals surface area contributed by atoms with Crippen LogP contribution >= 0.6 is 23.4 Å². The fourth-order valence-electron chi connectivity index (χ4n) is 3.53. The van der Waals surface area contributed by atoms with E-state index >= 15 is 0 Å². The Morgan fingerprint density at radius 2 is 1.88 bits per heavy atom. The number of thioether (sulfide) groups is 1. The van der Waals surface area contributed by atoms with Gasteiger partial charge >= 0.3 is 0 Å². The van der Waals surface area contributed by atoms with Gasteiger partial charge in [-0.2, -0.15) is 4.98 Å². The molecule has 170 valence electrons. The summed E-state index contributed by atoms with van der Waals surface area (Å²) in [7, 11) is 0. The van der Waals surface area contributed by atoms with E-state index < -0.39 is 0 Å². The number of carbonyl (C=O) groups is 1. The van der Waals surface area contributed by atoms with Crippen molar-refractivity contribution in [1.29, 1.82) is 0 Å². The topological polar surface area (TPSA) is 72.2 Å². The van der Waals surface area contributed by atoms with E-state index in [1.54, 1.807) is 16.6 Å². The van der Waals surface area contributed by atoms with Crippen molar-refractivity contribution in [3.8, 4) is 0 Å². The molecule has 0 unspecified atom stereocenters. The first-order chi connectivity index (χ1) is 15.7. The van der Waals surface area contributed by atoms with E-state index in [0.717, 1.165) is 28.2 Å². The second-order valence-electron chi connectivity index (χ2n) is 7.88. The Balaban J connectivity index is 1.51. The van der Waals surface area contributed by atoms with Gasteiger partial charge in [0.1, 0.15) is 5.82 Å². The molecule has 1 amide bonds. The maximum absolute atomic E-state index is 14.3. The first-order valence-electron chi connectivity index (χ1n) is 10.4. The molecule has 33 heavy (non-hydrogen) atoms. The van der Waals surface area contributed by atoms with Gasteiger partial charge in [-0.3, -0.25) is 4.79 Å². The quantitative estimate of drug-likeness (QED) is 0.368. The molecule has 6 nitrogen and oxygen atoms in total. The highest BCUT2D eigenvalue weighted by Gasteiger charge is 2.17. The Bertz CT molecular complexity index is 1350. The summed E-state index contributed by atoms with van der Waals surface area (Å²) in [5, 5.41) is 8.22. The predicted molar refractivity (Wildman–Crippen MR) is 130 cm³/mol. The van der Waals surface area contributed by atoms with Gasteiger partial charge in [-0.25, -0.2) is 13.9 Å². The zero-order valence-electron chi connectivity index (χ0n) is 18.7. The normalized spacial score (nSPS) is 11.2. The Morgan fingerprint density at radius 3 is 2.61 bits per heavy atom. The molecule has 4 rings (SSSR count). The third-order valence-corrected chi connectivity index (χ3v) is 6.76. The van der Waals surface area contributed by atoms with Crippen LogP contribution in [0.25, 0.3) is 5.78 Å². The van der Waals surface area contributed by atoms with Crippen molar-refractivity contribution in [1.82, 2.24) is 19.6 Å². The molecule has 0 spiro atoms. The minimum atomic E-state index is -0.356. The predicted octanol–water partition coefficient (Wildman–Crippen LogP) is 5.47. The van der Waals surface area contributed by atoms with Crippen molar-refractivity contribution in [2.45, 2.75) is 39.3 Å². The molecule has 1 N–H and O–H groups in total. The zero-order valence-corrected chi connectivity index (χ0v) is 20.3. The molecule has 2 aromatic heterocycles. The van der Waals surface area contributed by atoms with E-state index in [2.05, 4.69) is 20.4 Å². The third kappa shape index (κ3) is 5.02. The summed E-state index contributed by atoms with van der Waals surface area (Å²) in [4.78, 5) is 21.4. The second-order valence-corrected chi connectivity index (χ2v) is 9.23. The largest absolute Gasteiger partial charge is 0.325 e. The Kier molecular flexibility index (Phi) is 6.67. The number of anilines is 1. The maximum atomic E-state index is 14.3. The number of hydrogen-bond donors (Lipinski definition) is 1. The average Bonchev–Trinajstić information content (AvgIpc) is 3.17. The van der Waals surface area contributed by atoms with Crippen LogP contribution < -0.4 is 5.32 Å². The lowest BCUT2D eigenvalue weighted by Gasteiger charge is -2.12. The van der Waals surface area contributed by atoms with Crippen molar-refractivity contribution >= 4 is 40.7 Å². The molecule has 2 aromatic carbocycles. The third-order valence-electron chi connectivity index (χ3n) is 5.57. The lowest BCUT2D eigenvalue weighted by molar-refractivity contribution is -0.113. The second kappa shape index (κ2) is 9.49. The van der Waals surface area contributed by atoms with Gasteiger partial charge in [-0.1, -0.05) is 35.5 Å². The minimum absolute atomic E-state index is 0.141. The van der Waals surface area contributed by atoms with Crippen LogP contribution in [-0.2, 0) is 11.2 Å². The Morgan fingerprint density at radius 1 is 1.09 bits per heavy atom. The van der Waals surface area contributed by atoms with Gasteiger partial charge in [0.15, 0.2) is 0 Å². The number of nitrogens with zero attached hydrogens (tertiary/aromatic N) is 4. The van der Waals surface area contributed by atoms with Gasteiger partial charge in [0.2, 0.25) is 11.1 Å². The summed E-state index contributed by atoms with van der Waals surface area (Å²) in [5.74, 6) is 0.105. The molecule has 0 saturated heterocycles. The molecule has 0 radical (unpaired) electrons. The number of benzene rings is 2. The van der Waals surface area contributed by atoms with Gasteiger partial charge in [0, 0.05) is 34.1 Å². The fourth-order valence-corrected chi connectivity index (χ4v) is 4.38. The molecule has 9 heteroatoms. The number of hydrogen-bond acceptors (Lipinski definition) is 5. The van der Waals surface area contributed by atoms with Crippen LogP contribution in [0.3, 0.4) is 0 Å². The standard InChI is InChI=1S/C24H23ClFN5OS/c1-13-8-9-17(10-14(13)2)28-22(32)12-33-24-29-23-27-15(3)18(16(4)31(23)30-24)11-19-20(25)6-5-7-21(19)26/h5-10H,11-12H2,1-4H3,(H,28,32). The van der Waals surface area contributed by atoms with E-state index in [1.165, 1.54) is 23.4 Å². The average molecular weight is 484 g/mol. The SMILES string of the molecule is Cc1ccc(NC(=O)CSc2nc3nc(C)c(Cc4c(F)cccc4Cl)c(C)n3n2)cc1C. The number of nitrogens with one attached hydrogen (secondary N) is 1. The first-order valence-corrected chi connectivity index (χ1v) is 11.7. The lowest BCUT2D eigenvalue weighted by Crippen LogP contribution is -2.14. The number of fused-ring (bicyclic) bond motifs is 1. The van der Waals surface area contributed by atoms with Crippen LogP contribution in [0.1, 0.15) is 33.6 Å². The minimum Gasteiger partial charge on any atom is -0.325 e. The van der Waals surface area contributed by atoms with Crippen molar-refractivity contribution in [2.24, 2.45) is 0 Å². The number of halogens is 2. The zero-order chi connectivity index (χ0) is 23.7. The van der Waals surface area contributed by atoms with E-state index in [1.807, 2.05) is 45.9 Å². The number of amides is 1. The van der Waals surface area contributed by atoms with Gasteiger partial charge in [0.25, 0.3) is 5.78 Å². The first kappa shape index (κ1) is 23.2. The number of aromatic nitrogens is 4. The van der Waals surface area contributed by atoms with E-state index in [9.17, 15) is 9.18 Å². The molecule has 0 saturated carbocycles. The molecule has 0 aliphatic heterocycles. The van der Waals surface area contributed by atoms with Crippen molar-refractivity contribution in [3.63, 3.8) is 0 Å². The molecular formula is C24H23ClFN5OS. The molecule has 0 atom stereocenters. The monoisotopic (exact) mass is 483 g/mol. The van der Waals surface area contributed by atoms with Crippen molar-refractivity contribution in [3.05, 3.63) is 80.9 Å². The van der Waals surface area contributed by atoms with Crippen LogP contribution in [0.15, 0.2) is 41.6 Å². The molecule has 0 bridgehead atoms. The van der Waals surface area contributed by atoms with Crippen LogP contribution in [0, 0.1) is 33.5 Å². The van der Waals surface area contributed by atoms with E-state index in [0.29, 0.717) is 27.9 Å². The van der Waals surface area contributed by atoms with Gasteiger partial charge in [0.05, 0.1) is 5.75 Å². The highest BCUT2D eigenvalue weighted by molar-refractivity contribution is 7.99. The number of aryl methyl sites for hydroxylation is 4. The number of rotatable bonds is 6. The van der Waals surface area contributed by atoms with Crippen molar-refractivity contribution < 1.29 is 9.18 Å². The summed E-state index contributed by atoms with van der Waals surface area (Å²) >= 11 is 7.45. The highest BCUT2D eigenvalue weighted by atomic mass is 35.5. The van der Waals surface area contributed by atoms with E-state index in [-0.39, 0.29) is 17.5 Å². The maximum Gasteiger partial charge on any atom is 0.253 e. The molecule has 2 heterocycles. The van der Waals surface area contributed by atoms with E-state index in [4.69, 9.17) is 11.6 Å². The molecule has 0 aliphatic rings. The van der Waals surface area contributed by atoms with Gasteiger partial charge in [-0.05, 0) is 68.7 Å². The number of carbonyl (C=O) groups excluding carboxylic acids is 1. The highest BCUT2D eigenvalue weighted by Crippen LogP contribution is 2.26. The van der Waals surface area contributed by atoms with Crippen LogP contribution in [0.4, 0.5) is 10.1 Å². The lowest BCUT2D eigenvalue weighted by atomic mass is 10.0. The molecular weight excluding hydrogens is 461 g/mol.